The Hall–Kier alpha value is -3.55. The van der Waals surface area contributed by atoms with Gasteiger partial charge in [0.1, 0.15) is 0 Å². The van der Waals surface area contributed by atoms with Crippen LogP contribution in [0.15, 0.2) is 89.3 Å². The van der Waals surface area contributed by atoms with E-state index in [9.17, 15) is 4.79 Å². The number of aromatic amines is 1. The van der Waals surface area contributed by atoms with Crippen molar-refractivity contribution in [3.8, 4) is 0 Å². The Kier molecular flexibility index (Phi) is 6.15. The van der Waals surface area contributed by atoms with Gasteiger partial charge in [0.2, 0.25) is 0 Å². The number of benzene rings is 3. The van der Waals surface area contributed by atoms with Crippen LogP contribution in [0.25, 0.3) is 21.9 Å². The topological polar surface area (TPSA) is 75.1 Å². The predicted octanol–water partition coefficient (Wildman–Crippen LogP) is 5.46. The zero-order chi connectivity index (χ0) is 22.6. The highest BCUT2D eigenvalue weighted by Gasteiger charge is 2.13. The van der Waals surface area contributed by atoms with Crippen molar-refractivity contribution in [3.05, 3.63) is 95.1 Å². The number of aromatic nitrogens is 3. The predicted molar refractivity (Wildman–Crippen MR) is 135 cm³/mol. The van der Waals surface area contributed by atoms with Gasteiger partial charge in [-0.2, -0.15) is 5.10 Å². The van der Waals surface area contributed by atoms with Crippen molar-refractivity contribution >= 4 is 57.4 Å². The summed E-state index contributed by atoms with van der Waals surface area (Å²) in [6.45, 7) is 0.639. The average Bonchev–Trinajstić information content (AvgIpc) is 3.41. The van der Waals surface area contributed by atoms with Crippen molar-refractivity contribution in [1.82, 2.24) is 20.0 Å². The van der Waals surface area contributed by atoms with Gasteiger partial charge >= 0.3 is 0 Å². The number of fused-ring (bicyclic) bond motifs is 2. The van der Waals surface area contributed by atoms with Gasteiger partial charge in [-0.15, -0.1) is 0 Å². The number of nitrogens with one attached hydrogen (secondary N) is 2. The van der Waals surface area contributed by atoms with E-state index in [0.29, 0.717) is 11.6 Å². The molecule has 0 bridgehead atoms. The fourth-order valence-electron chi connectivity index (χ4n) is 3.63. The van der Waals surface area contributed by atoms with E-state index in [1.54, 1.807) is 6.21 Å². The molecule has 0 aliphatic heterocycles. The molecule has 0 radical (unpaired) electrons. The van der Waals surface area contributed by atoms with E-state index in [4.69, 9.17) is 16.6 Å². The number of carbonyl (C=O) groups excluding carboxylic acids is 1. The maximum Gasteiger partial charge on any atom is 0.250 e. The molecule has 5 rings (SSSR count). The third-order valence-corrected chi connectivity index (χ3v) is 6.45. The smallest absolute Gasteiger partial charge is 0.250 e. The monoisotopic (exact) mass is 473 g/mol. The van der Waals surface area contributed by atoms with Crippen molar-refractivity contribution in [1.29, 1.82) is 0 Å². The number of halogens is 1. The summed E-state index contributed by atoms with van der Waals surface area (Å²) in [5.41, 5.74) is 7.58. The largest absolute Gasteiger partial charge is 0.361 e. The van der Waals surface area contributed by atoms with Gasteiger partial charge in [0, 0.05) is 27.7 Å². The molecule has 8 heteroatoms. The maximum atomic E-state index is 12.4. The van der Waals surface area contributed by atoms with Gasteiger partial charge in [-0.1, -0.05) is 65.8 Å². The summed E-state index contributed by atoms with van der Waals surface area (Å²) in [4.78, 5) is 20.3. The Balaban J connectivity index is 1.27. The first-order valence-electron chi connectivity index (χ1n) is 10.4. The van der Waals surface area contributed by atoms with Gasteiger partial charge in [-0.3, -0.25) is 4.79 Å². The standard InChI is InChI=1S/C25H20ClN5OS/c26-19-11-9-17(10-12-19)15-31-23-8-4-3-7-22(23)29-25(31)33-16-24(32)30-28-14-18-13-27-21-6-2-1-5-20(18)21/h1-14,27H,15-16H2,(H,30,32). The number of rotatable bonds is 7. The highest BCUT2D eigenvalue weighted by molar-refractivity contribution is 7.99. The molecule has 3 aromatic carbocycles. The number of hydrogen-bond acceptors (Lipinski definition) is 4. The van der Waals surface area contributed by atoms with Crippen molar-refractivity contribution in [3.63, 3.8) is 0 Å². The number of nitrogens with zero attached hydrogens (tertiary/aromatic N) is 3. The van der Waals surface area contributed by atoms with Crippen molar-refractivity contribution in [2.24, 2.45) is 5.10 Å². The molecule has 0 saturated heterocycles. The van der Waals surface area contributed by atoms with Crippen LogP contribution in [0.3, 0.4) is 0 Å². The quantitative estimate of drug-likeness (QED) is 0.187. The van der Waals surface area contributed by atoms with Crippen LogP contribution in [0.4, 0.5) is 0 Å². The lowest BCUT2D eigenvalue weighted by molar-refractivity contribution is -0.118. The Morgan fingerprint density at radius 1 is 1.09 bits per heavy atom. The van der Waals surface area contributed by atoms with Gasteiger partial charge in [-0.25, -0.2) is 10.4 Å². The zero-order valence-corrected chi connectivity index (χ0v) is 19.1. The van der Waals surface area contributed by atoms with Crippen LogP contribution in [0.5, 0.6) is 0 Å². The first kappa shape index (κ1) is 21.3. The molecule has 33 heavy (non-hydrogen) atoms. The molecule has 0 spiro atoms. The molecule has 2 aromatic heterocycles. The van der Waals surface area contributed by atoms with Crippen LogP contribution in [0.1, 0.15) is 11.1 Å². The van der Waals surface area contributed by atoms with Crippen LogP contribution in [-0.2, 0) is 11.3 Å². The number of para-hydroxylation sites is 3. The van der Waals surface area contributed by atoms with Gasteiger partial charge in [-0.05, 0) is 35.9 Å². The number of thioether (sulfide) groups is 1. The minimum atomic E-state index is -0.193. The van der Waals surface area contributed by atoms with E-state index in [1.807, 2.05) is 79.0 Å². The third kappa shape index (κ3) is 4.79. The second kappa shape index (κ2) is 9.52. The molecule has 6 nitrogen and oxygen atoms in total. The molecule has 0 saturated carbocycles. The summed E-state index contributed by atoms with van der Waals surface area (Å²) in [6.07, 6.45) is 3.52. The van der Waals surface area contributed by atoms with Gasteiger partial charge in [0.25, 0.3) is 5.91 Å². The molecule has 2 heterocycles. The lowest BCUT2D eigenvalue weighted by Crippen LogP contribution is -2.20. The van der Waals surface area contributed by atoms with Crippen molar-refractivity contribution in [2.75, 3.05) is 5.75 Å². The number of H-pyrrole nitrogens is 1. The first-order chi connectivity index (χ1) is 16.2. The van der Waals surface area contributed by atoms with Gasteiger partial charge < -0.3 is 9.55 Å². The maximum absolute atomic E-state index is 12.4. The minimum absolute atomic E-state index is 0.193. The van der Waals surface area contributed by atoms with Crippen LogP contribution in [-0.4, -0.2) is 32.4 Å². The van der Waals surface area contributed by atoms with Crippen LogP contribution in [0, 0.1) is 0 Å². The minimum Gasteiger partial charge on any atom is -0.361 e. The van der Waals surface area contributed by atoms with Crippen molar-refractivity contribution in [2.45, 2.75) is 11.7 Å². The van der Waals surface area contributed by atoms with E-state index in [2.05, 4.69) is 20.1 Å². The van der Waals surface area contributed by atoms with Gasteiger partial charge in [0.15, 0.2) is 5.16 Å². The van der Waals surface area contributed by atoms with Crippen LogP contribution < -0.4 is 5.43 Å². The number of amides is 1. The third-order valence-electron chi connectivity index (χ3n) is 5.22. The van der Waals surface area contributed by atoms with E-state index >= 15 is 0 Å². The normalized spacial score (nSPS) is 11.5. The average molecular weight is 474 g/mol. The number of hydrogen-bond donors (Lipinski definition) is 2. The molecule has 0 unspecified atom stereocenters. The molecular formula is C25H20ClN5OS. The Bertz CT molecular complexity index is 1460. The summed E-state index contributed by atoms with van der Waals surface area (Å²) in [5, 5.41) is 6.66. The summed E-state index contributed by atoms with van der Waals surface area (Å²) in [7, 11) is 0. The van der Waals surface area contributed by atoms with Crippen molar-refractivity contribution < 1.29 is 4.79 Å². The fourth-order valence-corrected chi connectivity index (χ4v) is 4.56. The molecule has 2 N–H and O–H groups in total. The summed E-state index contributed by atoms with van der Waals surface area (Å²) >= 11 is 7.41. The van der Waals surface area contributed by atoms with E-state index in [-0.39, 0.29) is 11.7 Å². The summed E-state index contributed by atoms with van der Waals surface area (Å²) in [5.74, 6) is 0.0102. The first-order valence-corrected chi connectivity index (χ1v) is 11.7. The van der Waals surface area contributed by atoms with E-state index < -0.39 is 0 Å². The second-order valence-electron chi connectivity index (χ2n) is 7.47. The Morgan fingerprint density at radius 3 is 2.76 bits per heavy atom. The lowest BCUT2D eigenvalue weighted by atomic mass is 10.2. The molecule has 0 atom stereocenters. The number of hydrazone groups is 1. The fraction of sp³-hybridized carbons (Fsp3) is 0.0800. The SMILES string of the molecule is O=C(CSc1nc2ccccc2n1Cc1ccc(Cl)cc1)NN=Cc1c[nH]c2ccccc12. The number of carbonyl (C=O) groups is 1. The van der Waals surface area contributed by atoms with Crippen LogP contribution in [0.2, 0.25) is 5.02 Å². The molecule has 1 amide bonds. The molecule has 0 aliphatic carbocycles. The Labute approximate surface area is 199 Å². The summed E-state index contributed by atoms with van der Waals surface area (Å²) in [6, 6.07) is 23.7. The molecular weight excluding hydrogens is 454 g/mol. The zero-order valence-electron chi connectivity index (χ0n) is 17.5. The Morgan fingerprint density at radius 2 is 1.88 bits per heavy atom. The van der Waals surface area contributed by atoms with Gasteiger partial charge in [0.05, 0.1) is 29.5 Å². The molecule has 0 fully saturated rings. The van der Waals surface area contributed by atoms with E-state index in [0.717, 1.165) is 38.2 Å². The molecule has 5 aromatic rings. The number of imidazole rings is 1. The molecule has 0 aliphatic rings. The highest BCUT2D eigenvalue weighted by atomic mass is 35.5. The van der Waals surface area contributed by atoms with Crippen LogP contribution >= 0.6 is 23.4 Å². The lowest BCUT2D eigenvalue weighted by Gasteiger charge is -2.09. The highest BCUT2D eigenvalue weighted by Crippen LogP contribution is 2.25. The van der Waals surface area contributed by atoms with E-state index in [1.165, 1.54) is 11.8 Å². The summed E-state index contributed by atoms with van der Waals surface area (Å²) < 4.78 is 2.12. The molecule has 164 valence electrons. The second-order valence-corrected chi connectivity index (χ2v) is 8.85.